The van der Waals surface area contributed by atoms with Crippen molar-refractivity contribution in [3.8, 4) is 0 Å². The molecule has 1 aromatic heterocycles. The monoisotopic (exact) mass is 252 g/mol. The first-order valence-corrected chi connectivity index (χ1v) is 6.65. The molecule has 1 fully saturated rings. The van der Waals surface area contributed by atoms with Gasteiger partial charge in [-0.3, -0.25) is 4.90 Å². The molecular weight excluding hydrogens is 228 g/mol. The van der Waals surface area contributed by atoms with Crippen LogP contribution in [-0.2, 0) is 12.0 Å². The van der Waals surface area contributed by atoms with E-state index in [0.717, 1.165) is 31.9 Å². The maximum Gasteiger partial charge on any atom is 0.232 e. The Morgan fingerprint density at radius 1 is 1.39 bits per heavy atom. The van der Waals surface area contributed by atoms with Crippen molar-refractivity contribution in [2.24, 2.45) is 11.7 Å². The van der Waals surface area contributed by atoms with Crippen molar-refractivity contribution < 1.29 is 4.52 Å². The van der Waals surface area contributed by atoms with E-state index < -0.39 is 0 Å². The van der Waals surface area contributed by atoms with Crippen molar-refractivity contribution in [1.29, 1.82) is 0 Å². The van der Waals surface area contributed by atoms with Gasteiger partial charge in [0.05, 0.1) is 6.54 Å². The van der Waals surface area contributed by atoms with E-state index >= 15 is 0 Å². The topological polar surface area (TPSA) is 68.2 Å². The highest BCUT2D eigenvalue weighted by Gasteiger charge is 2.25. The van der Waals surface area contributed by atoms with Gasteiger partial charge >= 0.3 is 0 Å². The molecule has 1 aliphatic rings. The molecule has 18 heavy (non-hydrogen) atoms. The molecule has 2 heterocycles. The Kier molecular flexibility index (Phi) is 3.73. The third-order valence-electron chi connectivity index (χ3n) is 3.24. The van der Waals surface area contributed by atoms with Gasteiger partial charge in [0, 0.05) is 24.5 Å². The van der Waals surface area contributed by atoms with E-state index in [4.69, 9.17) is 10.3 Å². The zero-order valence-electron chi connectivity index (χ0n) is 11.8. The number of hydrogen-bond acceptors (Lipinski definition) is 5. The molecule has 5 nitrogen and oxygen atoms in total. The summed E-state index contributed by atoms with van der Waals surface area (Å²) in [6.45, 7) is 11.2. The molecule has 1 aliphatic heterocycles. The average Bonchev–Trinajstić information content (AvgIpc) is 2.63. The van der Waals surface area contributed by atoms with Gasteiger partial charge in [0.15, 0.2) is 5.82 Å². The van der Waals surface area contributed by atoms with E-state index in [1.165, 1.54) is 0 Å². The molecule has 0 aromatic carbocycles. The van der Waals surface area contributed by atoms with E-state index in [1.807, 2.05) is 0 Å². The predicted octanol–water partition coefficient (Wildman–Crippen LogP) is 1.54. The lowest BCUT2D eigenvalue weighted by Crippen LogP contribution is -2.45. The number of piperidine rings is 1. The standard InChI is InChI=1S/C13H24N4O/c1-9-5-10(14)7-17(6-9)8-11-15-12(18-16-11)13(2,3)4/h9-10H,5-8,14H2,1-4H3. The second-order valence-corrected chi connectivity index (χ2v) is 6.56. The number of nitrogens with zero attached hydrogens (tertiary/aromatic N) is 3. The Morgan fingerprint density at radius 3 is 2.67 bits per heavy atom. The molecule has 0 radical (unpaired) electrons. The summed E-state index contributed by atoms with van der Waals surface area (Å²) in [5, 5.41) is 4.06. The molecule has 2 N–H and O–H groups in total. The lowest BCUT2D eigenvalue weighted by atomic mass is 9.96. The minimum absolute atomic E-state index is 0.0865. The number of likely N-dealkylation sites (tertiary alicyclic amines) is 1. The number of rotatable bonds is 2. The summed E-state index contributed by atoms with van der Waals surface area (Å²) < 4.78 is 5.31. The van der Waals surface area contributed by atoms with Crippen molar-refractivity contribution >= 4 is 0 Å². The fourth-order valence-electron chi connectivity index (χ4n) is 2.46. The van der Waals surface area contributed by atoms with E-state index in [0.29, 0.717) is 11.8 Å². The lowest BCUT2D eigenvalue weighted by molar-refractivity contribution is 0.153. The summed E-state index contributed by atoms with van der Waals surface area (Å²) in [6.07, 6.45) is 1.11. The van der Waals surface area contributed by atoms with Gasteiger partial charge in [-0.15, -0.1) is 0 Å². The molecular formula is C13H24N4O. The molecule has 1 aromatic rings. The quantitative estimate of drug-likeness (QED) is 0.864. The second kappa shape index (κ2) is 4.97. The highest BCUT2D eigenvalue weighted by atomic mass is 16.5. The summed E-state index contributed by atoms with van der Waals surface area (Å²) in [7, 11) is 0. The van der Waals surface area contributed by atoms with Crippen LogP contribution in [0, 0.1) is 5.92 Å². The van der Waals surface area contributed by atoms with Crippen molar-refractivity contribution in [2.45, 2.75) is 52.1 Å². The Balaban J connectivity index is 1.99. The Labute approximate surface area is 109 Å². The normalized spacial score (nSPS) is 26.5. The van der Waals surface area contributed by atoms with E-state index in [9.17, 15) is 0 Å². The van der Waals surface area contributed by atoms with Gasteiger partial charge in [-0.05, 0) is 12.3 Å². The van der Waals surface area contributed by atoms with Crippen molar-refractivity contribution in [3.05, 3.63) is 11.7 Å². The van der Waals surface area contributed by atoms with Gasteiger partial charge in [0.1, 0.15) is 0 Å². The molecule has 5 heteroatoms. The summed E-state index contributed by atoms with van der Waals surface area (Å²) in [5.74, 6) is 2.11. The molecule has 0 aliphatic carbocycles. The smallest absolute Gasteiger partial charge is 0.232 e. The van der Waals surface area contributed by atoms with Crippen LogP contribution in [0.2, 0.25) is 0 Å². The maximum absolute atomic E-state index is 6.04. The van der Waals surface area contributed by atoms with Gasteiger partial charge in [-0.1, -0.05) is 32.9 Å². The Hall–Kier alpha value is -0.940. The molecule has 2 rings (SSSR count). The molecule has 102 valence electrons. The van der Waals surface area contributed by atoms with Gasteiger partial charge in [-0.25, -0.2) is 0 Å². The number of hydrogen-bond donors (Lipinski definition) is 1. The summed E-state index contributed by atoms with van der Waals surface area (Å²) >= 11 is 0. The van der Waals surface area contributed by atoms with Crippen molar-refractivity contribution in [1.82, 2.24) is 15.0 Å². The summed E-state index contributed by atoms with van der Waals surface area (Å²) in [5.41, 5.74) is 5.95. The van der Waals surface area contributed by atoms with Crippen LogP contribution in [0.15, 0.2) is 4.52 Å². The average molecular weight is 252 g/mol. The maximum atomic E-state index is 6.04. The molecule has 0 amide bonds. The van der Waals surface area contributed by atoms with Crippen LogP contribution in [-0.4, -0.2) is 34.2 Å². The largest absolute Gasteiger partial charge is 0.339 e. The number of nitrogens with two attached hydrogens (primary N) is 1. The molecule has 2 atom stereocenters. The molecule has 1 saturated heterocycles. The number of aromatic nitrogens is 2. The van der Waals surface area contributed by atoms with Crippen LogP contribution < -0.4 is 5.73 Å². The van der Waals surface area contributed by atoms with Crippen LogP contribution in [0.4, 0.5) is 0 Å². The Bertz CT molecular complexity index is 386. The van der Waals surface area contributed by atoms with Crippen molar-refractivity contribution in [2.75, 3.05) is 13.1 Å². The van der Waals surface area contributed by atoms with E-state index in [2.05, 4.69) is 42.7 Å². The SMILES string of the molecule is CC1CC(N)CN(Cc2noc(C(C)(C)C)n2)C1. The summed E-state index contributed by atoms with van der Waals surface area (Å²) in [6, 6.07) is 0.266. The highest BCUT2D eigenvalue weighted by molar-refractivity contribution is 4.98. The van der Waals surface area contributed by atoms with Crippen molar-refractivity contribution in [3.63, 3.8) is 0 Å². The van der Waals surface area contributed by atoms with Gasteiger partial charge in [0.25, 0.3) is 0 Å². The zero-order valence-corrected chi connectivity index (χ0v) is 11.8. The first-order chi connectivity index (χ1) is 8.34. The zero-order chi connectivity index (χ0) is 13.3. The predicted molar refractivity (Wildman–Crippen MR) is 70.0 cm³/mol. The lowest BCUT2D eigenvalue weighted by Gasteiger charge is -2.33. The highest BCUT2D eigenvalue weighted by Crippen LogP contribution is 2.21. The first-order valence-electron chi connectivity index (χ1n) is 6.65. The van der Waals surface area contributed by atoms with Gasteiger partial charge in [0.2, 0.25) is 5.89 Å². The van der Waals surface area contributed by atoms with Crippen LogP contribution in [0.5, 0.6) is 0 Å². The van der Waals surface area contributed by atoms with Crippen LogP contribution in [0.25, 0.3) is 0 Å². The van der Waals surface area contributed by atoms with Crippen LogP contribution >= 0.6 is 0 Å². The van der Waals surface area contributed by atoms with Crippen LogP contribution in [0.3, 0.4) is 0 Å². The minimum Gasteiger partial charge on any atom is -0.339 e. The van der Waals surface area contributed by atoms with E-state index in [-0.39, 0.29) is 11.5 Å². The molecule has 2 unspecified atom stereocenters. The third-order valence-corrected chi connectivity index (χ3v) is 3.24. The third kappa shape index (κ3) is 3.29. The molecule has 0 spiro atoms. The molecule has 0 bridgehead atoms. The fourth-order valence-corrected chi connectivity index (χ4v) is 2.46. The minimum atomic E-state index is -0.0865. The van der Waals surface area contributed by atoms with Gasteiger partial charge < -0.3 is 10.3 Å². The van der Waals surface area contributed by atoms with E-state index in [1.54, 1.807) is 0 Å². The fraction of sp³-hybridized carbons (Fsp3) is 0.846. The van der Waals surface area contributed by atoms with Gasteiger partial charge in [-0.2, -0.15) is 4.98 Å². The second-order valence-electron chi connectivity index (χ2n) is 6.56. The first kappa shape index (κ1) is 13.5. The van der Waals surface area contributed by atoms with Crippen LogP contribution in [0.1, 0.15) is 45.8 Å². The Morgan fingerprint density at radius 2 is 2.11 bits per heavy atom. The molecule has 0 saturated carbocycles. The summed E-state index contributed by atoms with van der Waals surface area (Å²) in [4.78, 5) is 6.78.